The Morgan fingerprint density at radius 3 is 2.91 bits per heavy atom. The van der Waals surface area contributed by atoms with Gasteiger partial charge in [0.25, 0.3) is 5.91 Å². The molecule has 120 valence electrons. The van der Waals surface area contributed by atoms with Crippen LogP contribution in [0.15, 0.2) is 36.9 Å². The minimum atomic E-state index is -0.108. The lowest BCUT2D eigenvalue weighted by Crippen LogP contribution is -2.31. The largest absolute Gasteiger partial charge is 0.485 e. The van der Waals surface area contributed by atoms with Gasteiger partial charge in [-0.05, 0) is 12.1 Å². The second-order valence-corrected chi connectivity index (χ2v) is 5.59. The van der Waals surface area contributed by atoms with Crippen LogP contribution in [0.2, 0.25) is 0 Å². The Balaban J connectivity index is 1.66. The van der Waals surface area contributed by atoms with Crippen LogP contribution in [0, 0.1) is 0 Å². The van der Waals surface area contributed by atoms with Gasteiger partial charge in [-0.3, -0.25) is 9.78 Å². The third-order valence-corrected chi connectivity index (χ3v) is 3.68. The number of nitrogens with zero attached hydrogens (tertiary/aromatic N) is 5. The van der Waals surface area contributed by atoms with E-state index < -0.39 is 0 Å². The van der Waals surface area contributed by atoms with Crippen molar-refractivity contribution < 1.29 is 9.53 Å². The van der Waals surface area contributed by atoms with E-state index in [1.54, 1.807) is 17.3 Å². The molecule has 1 aliphatic heterocycles. The molecule has 1 fully saturated rings. The Morgan fingerprint density at radius 1 is 1.30 bits per heavy atom. The van der Waals surface area contributed by atoms with Crippen molar-refractivity contribution in [3.05, 3.63) is 42.6 Å². The van der Waals surface area contributed by atoms with Crippen molar-refractivity contribution in [3.63, 3.8) is 0 Å². The van der Waals surface area contributed by atoms with Crippen LogP contribution in [0.25, 0.3) is 0 Å². The molecule has 1 saturated heterocycles. The molecule has 0 aromatic carbocycles. The molecule has 7 nitrogen and oxygen atoms in total. The fourth-order valence-electron chi connectivity index (χ4n) is 2.57. The van der Waals surface area contributed by atoms with Gasteiger partial charge < -0.3 is 14.5 Å². The molecular formula is C16H19N5O2. The van der Waals surface area contributed by atoms with E-state index in [2.05, 4.69) is 15.0 Å². The van der Waals surface area contributed by atoms with Crippen LogP contribution in [-0.4, -0.2) is 59.0 Å². The van der Waals surface area contributed by atoms with Gasteiger partial charge >= 0.3 is 0 Å². The van der Waals surface area contributed by atoms with Gasteiger partial charge in [-0.25, -0.2) is 9.97 Å². The number of hydrogen-bond donors (Lipinski definition) is 0. The standard InChI is InChI=1S/C16H19N5O2/c1-20(2)15-14(4-3-6-19-15)23-12-5-9-21(11-12)16(22)13-10-17-7-8-18-13/h3-4,6-8,10,12H,5,9,11H2,1-2H3/t12-/m1/s1. The van der Waals surface area contributed by atoms with Crippen LogP contribution < -0.4 is 9.64 Å². The maximum atomic E-state index is 12.4. The number of pyridine rings is 1. The Morgan fingerprint density at radius 2 is 2.17 bits per heavy atom. The summed E-state index contributed by atoms with van der Waals surface area (Å²) >= 11 is 0. The quantitative estimate of drug-likeness (QED) is 0.845. The highest BCUT2D eigenvalue weighted by Crippen LogP contribution is 2.26. The minimum absolute atomic E-state index is 0.0430. The molecule has 23 heavy (non-hydrogen) atoms. The summed E-state index contributed by atoms with van der Waals surface area (Å²) < 4.78 is 6.05. The molecule has 0 unspecified atom stereocenters. The van der Waals surface area contributed by atoms with Gasteiger partial charge in [0.1, 0.15) is 11.8 Å². The van der Waals surface area contributed by atoms with E-state index in [4.69, 9.17) is 4.74 Å². The number of rotatable bonds is 4. The van der Waals surface area contributed by atoms with Crippen molar-refractivity contribution in [2.45, 2.75) is 12.5 Å². The summed E-state index contributed by atoms with van der Waals surface area (Å²) in [5.41, 5.74) is 0.364. The Bertz CT molecular complexity index is 677. The predicted molar refractivity (Wildman–Crippen MR) is 85.5 cm³/mol. The number of carbonyl (C=O) groups is 1. The van der Waals surface area contributed by atoms with E-state index in [1.807, 2.05) is 31.1 Å². The number of likely N-dealkylation sites (tertiary alicyclic amines) is 1. The summed E-state index contributed by atoms with van der Waals surface area (Å²) in [5.74, 6) is 1.41. The van der Waals surface area contributed by atoms with Gasteiger partial charge in [0.15, 0.2) is 11.6 Å². The van der Waals surface area contributed by atoms with Crippen LogP contribution >= 0.6 is 0 Å². The average molecular weight is 313 g/mol. The third kappa shape index (κ3) is 3.39. The van der Waals surface area contributed by atoms with Crippen molar-refractivity contribution in [3.8, 4) is 5.75 Å². The zero-order chi connectivity index (χ0) is 16.2. The van der Waals surface area contributed by atoms with Crippen molar-refractivity contribution in [2.75, 3.05) is 32.1 Å². The van der Waals surface area contributed by atoms with Gasteiger partial charge in [0.05, 0.1) is 12.7 Å². The molecular weight excluding hydrogens is 294 g/mol. The number of anilines is 1. The van der Waals surface area contributed by atoms with Crippen LogP contribution in [0.1, 0.15) is 16.9 Å². The number of hydrogen-bond acceptors (Lipinski definition) is 6. The maximum Gasteiger partial charge on any atom is 0.274 e. The monoisotopic (exact) mass is 313 g/mol. The van der Waals surface area contributed by atoms with Crippen molar-refractivity contribution >= 4 is 11.7 Å². The maximum absolute atomic E-state index is 12.4. The Labute approximate surface area is 134 Å². The zero-order valence-electron chi connectivity index (χ0n) is 13.2. The molecule has 7 heteroatoms. The van der Waals surface area contributed by atoms with E-state index in [0.717, 1.165) is 18.0 Å². The minimum Gasteiger partial charge on any atom is -0.485 e. The summed E-state index contributed by atoms with van der Waals surface area (Å²) in [4.78, 5) is 28.3. The summed E-state index contributed by atoms with van der Waals surface area (Å²) in [6.45, 7) is 1.19. The smallest absolute Gasteiger partial charge is 0.274 e. The molecule has 0 saturated carbocycles. The van der Waals surface area contributed by atoms with Gasteiger partial charge in [-0.1, -0.05) is 0 Å². The van der Waals surface area contributed by atoms with E-state index in [0.29, 0.717) is 18.8 Å². The first kappa shape index (κ1) is 15.2. The lowest BCUT2D eigenvalue weighted by atomic mass is 10.3. The number of aromatic nitrogens is 3. The molecule has 2 aromatic heterocycles. The van der Waals surface area contributed by atoms with Crippen LogP contribution in [0.3, 0.4) is 0 Å². The lowest BCUT2D eigenvalue weighted by Gasteiger charge is -2.20. The fraction of sp³-hybridized carbons (Fsp3) is 0.375. The van der Waals surface area contributed by atoms with E-state index in [-0.39, 0.29) is 12.0 Å². The number of carbonyl (C=O) groups excluding carboxylic acids is 1. The molecule has 0 spiro atoms. The van der Waals surface area contributed by atoms with Crippen molar-refractivity contribution in [1.29, 1.82) is 0 Å². The molecule has 0 bridgehead atoms. The first-order valence-corrected chi connectivity index (χ1v) is 7.49. The second kappa shape index (κ2) is 6.60. The molecule has 3 rings (SSSR count). The first-order valence-electron chi connectivity index (χ1n) is 7.49. The molecule has 3 heterocycles. The molecule has 2 aromatic rings. The SMILES string of the molecule is CN(C)c1ncccc1O[C@@H]1CCN(C(=O)c2cnccn2)C1. The third-order valence-electron chi connectivity index (χ3n) is 3.68. The predicted octanol–water partition coefficient (Wildman–Crippen LogP) is 1.23. The van der Waals surface area contributed by atoms with Gasteiger partial charge in [0, 0.05) is 45.7 Å². The van der Waals surface area contributed by atoms with E-state index >= 15 is 0 Å². The highest BCUT2D eigenvalue weighted by Gasteiger charge is 2.29. The van der Waals surface area contributed by atoms with Gasteiger partial charge in [0.2, 0.25) is 0 Å². The Kier molecular flexibility index (Phi) is 4.36. The normalized spacial score (nSPS) is 17.1. The molecule has 1 aliphatic rings. The molecule has 0 aliphatic carbocycles. The highest BCUT2D eigenvalue weighted by atomic mass is 16.5. The topological polar surface area (TPSA) is 71.5 Å². The van der Waals surface area contributed by atoms with Crippen LogP contribution in [0.5, 0.6) is 5.75 Å². The van der Waals surface area contributed by atoms with Crippen LogP contribution in [0.4, 0.5) is 5.82 Å². The summed E-state index contributed by atoms with van der Waals surface area (Å²) in [5, 5.41) is 0. The molecule has 1 atom stereocenters. The average Bonchev–Trinajstić information content (AvgIpc) is 3.04. The lowest BCUT2D eigenvalue weighted by molar-refractivity contribution is 0.0766. The fourth-order valence-corrected chi connectivity index (χ4v) is 2.57. The molecule has 0 radical (unpaired) electrons. The number of amides is 1. The highest BCUT2D eigenvalue weighted by molar-refractivity contribution is 5.92. The summed E-state index contributed by atoms with van der Waals surface area (Å²) in [6, 6.07) is 3.75. The molecule has 0 N–H and O–H groups in total. The van der Waals surface area contributed by atoms with Gasteiger partial charge in [-0.2, -0.15) is 0 Å². The van der Waals surface area contributed by atoms with Crippen molar-refractivity contribution in [2.24, 2.45) is 0 Å². The molecule has 1 amide bonds. The number of ether oxygens (including phenoxy) is 1. The van der Waals surface area contributed by atoms with E-state index in [1.165, 1.54) is 12.4 Å². The van der Waals surface area contributed by atoms with Crippen molar-refractivity contribution in [1.82, 2.24) is 19.9 Å². The second-order valence-electron chi connectivity index (χ2n) is 5.59. The summed E-state index contributed by atoms with van der Waals surface area (Å²) in [7, 11) is 3.85. The summed E-state index contributed by atoms with van der Waals surface area (Å²) in [6.07, 6.45) is 7.04. The van der Waals surface area contributed by atoms with Gasteiger partial charge in [-0.15, -0.1) is 0 Å². The van der Waals surface area contributed by atoms with Crippen LogP contribution in [-0.2, 0) is 0 Å². The Hall–Kier alpha value is -2.70. The zero-order valence-corrected chi connectivity index (χ0v) is 13.2. The van der Waals surface area contributed by atoms with E-state index in [9.17, 15) is 4.79 Å². The first-order chi connectivity index (χ1) is 11.1.